The summed E-state index contributed by atoms with van der Waals surface area (Å²) in [6, 6.07) is 0. The van der Waals surface area contributed by atoms with E-state index < -0.39 is 36.7 Å². The summed E-state index contributed by atoms with van der Waals surface area (Å²) in [4.78, 5) is 23.3. The van der Waals surface area contributed by atoms with Gasteiger partial charge in [0.25, 0.3) is 0 Å². The molecule has 5 atom stereocenters. The second-order valence-electron chi connectivity index (χ2n) is 6.29. The third-order valence-electron chi connectivity index (χ3n) is 5.73. The highest BCUT2D eigenvalue weighted by Gasteiger charge is 2.83. The van der Waals surface area contributed by atoms with Gasteiger partial charge in [-0.25, -0.2) is 4.79 Å². The summed E-state index contributed by atoms with van der Waals surface area (Å²) in [5.41, 5.74) is -0.936. The fourth-order valence-electron chi connectivity index (χ4n) is 5.13. The maximum absolute atomic E-state index is 13.1. The number of halogens is 3. The largest absolute Gasteiger partial charge is 0.454 e. The van der Waals surface area contributed by atoms with E-state index in [0.717, 1.165) is 6.42 Å². The van der Waals surface area contributed by atoms with Gasteiger partial charge in [-0.1, -0.05) is 0 Å². The van der Waals surface area contributed by atoms with Crippen LogP contribution in [0.25, 0.3) is 0 Å². The number of ether oxygens (including phenoxy) is 1. The molecule has 0 N–H and O–H groups in total. The number of alkyl halides is 3. The normalized spacial score (nSPS) is 49.4. The lowest BCUT2D eigenvalue weighted by atomic mass is 9.38. The maximum atomic E-state index is 13.1. The predicted molar refractivity (Wildman–Crippen MR) is 64.9 cm³/mol. The molecular weight excluding hydrogens is 373 g/mol. The molecule has 0 aromatic carbocycles. The Morgan fingerprint density at radius 1 is 1.37 bits per heavy atom. The Kier molecular flexibility index (Phi) is 2.09. The number of hydrogen-bond donors (Lipinski definition) is 0. The zero-order valence-corrected chi connectivity index (χ0v) is 12.0. The van der Waals surface area contributed by atoms with Gasteiger partial charge in [0.05, 0.1) is 0 Å². The minimum Gasteiger partial charge on any atom is -0.454 e. The van der Waals surface area contributed by atoms with Crippen molar-refractivity contribution >= 4 is 32.9 Å². The van der Waals surface area contributed by atoms with Crippen LogP contribution >= 0.6 is 21.2 Å². The Balaban J connectivity index is 1.59. The van der Waals surface area contributed by atoms with Crippen molar-refractivity contribution in [1.29, 1.82) is 0 Å². The van der Waals surface area contributed by atoms with E-state index in [4.69, 9.17) is 4.74 Å². The Labute approximate surface area is 117 Å². The first kappa shape index (κ1) is 12.3. The van der Waals surface area contributed by atoms with Gasteiger partial charge in [-0.15, -0.1) is 0 Å². The summed E-state index contributed by atoms with van der Waals surface area (Å²) >= 11 is -2.76. The topological polar surface area (TPSA) is 60.4 Å². The second-order valence-corrected chi connectivity index (χ2v) is 8.08. The number of rotatable bonds is 3. The minimum atomic E-state index is -3.85. The molecule has 0 aromatic heterocycles. The summed E-state index contributed by atoms with van der Waals surface area (Å²) in [6.07, 6.45) is 2.34. The first-order valence-electron chi connectivity index (χ1n) is 6.28. The quantitative estimate of drug-likeness (QED) is 0.425. The lowest BCUT2D eigenvalue weighted by molar-refractivity contribution is -0.195. The van der Waals surface area contributed by atoms with E-state index in [9.17, 15) is 21.4 Å². The standard InChI is InChI=1S/C12H11F2IO4/c13-12(14,15-18)9(17)19-10-2-5-1-6-8(16)7(3-10)11(5,6)4-10/h5-7H,1-4H2. The molecule has 0 aliphatic heterocycles. The van der Waals surface area contributed by atoms with E-state index in [0.29, 0.717) is 25.2 Å². The molecule has 0 amide bonds. The van der Waals surface area contributed by atoms with Crippen molar-refractivity contribution in [1.82, 2.24) is 0 Å². The Morgan fingerprint density at radius 2 is 2.11 bits per heavy atom. The summed E-state index contributed by atoms with van der Waals surface area (Å²) in [5, 5.41) is 0. The van der Waals surface area contributed by atoms with Crippen molar-refractivity contribution in [2.75, 3.05) is 0 Å². The highest BCUT2D eigenvalue weighted by atomic mass is 127. The van der Waals surface area contributed by atoms with Crippen LogP contribution in [-0.2, 0) is 17.4 Å². The minimum absolute atomic E-state index is 0.0425. The molecule has 4 fully saturated rings. The molecule has 0 heterocycles. The monoisotopic (exact) mass is 384 g/mol. The number of carbonyl (C=O) groups excluding carboxylic acids is 2. The molecule has 1 spiro atoms. The fraction of sp³-hybridized carbons (Fsp3) is 0.833. The zero-order chi connectivity index (χ0) is 13.6. The molecule has 0 radical (unpaired) electrons. The fourth-order valence-corrected chi connectivity index (χ4v) is 5.42. The molecule has 0 saturated heterocycles. The first-order chi connectivity index (χ1) is 8.85. The highest BCUT2D eigenvalue weighted by Crippen LogP contribution is 2.81. The smallest absolute Gasteiger partial charge is 0.421 e. The van der Waals surface area contributed by atoms with E-state index in [1.54, 1.807) is 0 Å². The van der Waals surface area contributed by atoms with Crippen LogP contribution in [0.3, 0.4) is 0 Å². The molecule has 104 valence electrons. The Bertz CT molecular complexity index is 536. The van der Waals surface area contributed by atoms with Crippen LogP contribution in [0.2, 0.25) is 0 Å². The molecule has 5 unspecified atom stereocenters. The molecule has 4 aliphatic carbocycles. The van der Waals surface area contributed by atoms with Gasteiger partial charge in [0.1, 0.15) is 11.4 Å². The molecule has 19 heavy (non-hydrogen) atoms. The molecular formula is C12H11F2IO4. The van der Waals surface area contributed by atoms with Gasteiger partial charge in [-0.05, 0) is 37.0 Å². The highest BCUT2D eigenvalue weighted by molar-refractivity contribution is 14.1. The van der Waals surface area contributed by atoms with E-state index in [2.05, 4.69) is 0 Å². The second kappa shape index (κ2) is 3.23. The van der Waals surface area contributed by atoms with Crippen LogP contribution < -0.4 is 0 Å². The van der Waals surface area contributed by atoms with Gasteiger partial charge in [0.15, 0.2) is 0 Å². The van der Waals surface area contributed by atoms with E-state index >= 15 is 0 Å². The van der Waals surface area contributed by atoms with Gasteiger partial charge in [-0.3, -0.25) is 7.86 Å². The van der Waals surface area contributed by atoms with Crippen LogP contribution in [0, 0.1) is 23.2 Å². The Hall–Kier alpha value is -0.470. The third-order valence-corrected chi connectivity index (χ3v) is 6.72. The van der Waals surface area contributed by atoms with Gasteiger partial charge in [0.2, 0.25) is 21.2 Å². The summed E-state index contributed by atoms with van der Waals surface area (Å²) in [5.74, 6) is -1.11. The van der Waals surface area contributed by atoms with E-state index in [1.165, 1.54) is 0 Å². The van der Waals surface area contributed by atoms with Crippen molar-refractivity contribution in [3.05, 3.63) is 0 Å². The summed E-state index contributed by atoms with van der Waals surface area (Å²) < 4.78 is 37.9. The summed E-state index contributed by atoms with van der Waals surface area (Å²) in [7, 11) is 0. The molecule has 4 saturated carbocycles. The average molecular weight is 384 g/mol. The molecule has 4 nitrogen and oxygen atoms in total. The number of carbonyl (C=O) groups is 2. The number of Topliss-reactive ketones (excluding diaryl/α,β-unsaturated/α-hetero) is 1. The van der Waals surface area contributed by atoms with Crippen molar-refractivity contribution < 1.29 is 26.2 Å². The molecule has 4 aliphatic rings. The Morgan fingerprint density at radius 3 is 2.74 bits per heavy atom. The van der Waals surface area contributed by atoms with E-state index in [1.807, 2.05) is 0 Å². The number of fused-ring (bicyclic) bond motifs is 1. The molecule has 4 rings (SSSR count). The van der Waals surface area contributed by atoms with Crippen LogP contribution in [0.5, 0.6) is 0 Å². The van der Waals surface area contributed by atoms with Crippen molar-refractivity contribution in [3.63, 3.8) is 0 Å². The summed E-state index contributed by atoms with van der Waals surface area (Å²) in [6.45, 7) is 0. The van der Waals surface area contributed by atoms with Gasteiger partial charge >= 0.3 is 9.90 Å². The van der Waals surface area contributed by atoms with Crippen LogP contribution in [0.15, 0.2) is 0 Å². The van der Waals surface area contributed by atoms with E-state index in [-0.39, 0.29) is 23.0 Å². The van der Waals surface area contributed by atoms with Crippen LogP contribution in [0.1, 0.15) is 25.7 Å². The number of hydrogen-bond acceptors (Lipinski definition) is 4. The predicted octanol–water partition coefficient (Wildman–Crippen LogP) is 2.20. The van der Waals surface area contributed by atoms with Crippen molar-refractivity contribution in [3.8, 4) is 0 Å². The van der Waals surface area contributed by atoms with Crippen molar-refractivity contribution in [2.24, 2.45) is 23.2 Å². The van der Waals surface area contributed by atoms with Gasteiger partial charge in [0, 0.05) is 11.8 Å². The number of ketones is 1. The van der Waals surface area contributed by atoms with Gasteiger partial charge < -0.3 is 4.74 Å². The first-order valence-corrected chi connectivity index (χ1v) is 8.24. The zero-order valence-electron chi connectivity index (χ0n) is 9.83. The molecule has 0 aromatic rings. The molecule has 2 bridgehead atoms. The molecule has 7 heteroatoms. The van der Waals surface area contributed by atoms with Crippen LogP contribution in [-0.4, -0.2) is 21.3 Å². The van der Waals surface area contributed by atoms with Gasteiger partial charge in [-0.2, -0.15) is 8.78 Å². The SMILES string of the molecule is O=IC(F)(F)C(=O)OC12CC3CC4C(=O)C(C1)C34C2. The lowest BCUT2D eigenvalue weighted by Crippen LogP contribution is -2.66. The lowest BCUT2D eigenvalue weighted by Gasteiger charge is -2.64. The van der Waals surface area contributed by atoms with Crippen molar-refractivity contribution in [2.45, 2.75) is 35.2 Å². The average Bonchev–Trinajstić information content (AvgIpc) is 2.81. The third kappa shape index (κ3) is 1.19. The number of esters is 1. The maximum Gasteiger partial charge on any atom is 0.421 e. The van der Waals surface area contributed by atoms with Crippen LogP contribution in [0.4, 0.5) is 8.78 Å².